The molecule has 68 valence electrons. The molecule has 0 saturated carbocycles. The fraction of sp³-hybridized carbons (Fsp3) is 0.250. The van der Waals surface area contributed by atoms with Crippen LogP contribution in [-0.2, 0) is 21.7 Å². The van der Waals surface area contributed by atoms with Gasteiger partial charge in [0.1, 0.15) is 0 Å². The zero-order valence-corrected chi connectivity index (χ0v) is 10.2. The van der Waals surface area contributed by atoms with E-state index in [4.69, 9.17) is 0 Å². The largest absolute Gasteiger partial charge is 4.00 e. The summed E-state index contributed by atoms with van der Waals surface area (Å²) in [6.45, 7) is 1.01. The molecular weight excluding hydrogens is 240 g/mol. The van der Waals surface area contributed by atoms with Crippen LogP contribution >= 0.6 is 0 Å². The first-order valence-electron chi connectivity index (χ1n) is 3.48. The molecule has 1 aliphatic rings. The molecule has 1 aromatic carbocycles. The Morgan fingerprint density at radius 1 is 1.15 bits per heavy atom. The Kier molecular flexibility index (Phi) is 21.8. The molecule has 1 aliphatic heterocycles. The van der Waals surface area contributed by atoms with Gasteiger partial charge >= 0.3 is 53.0 Å². The predicted molar refractivity (Wildman–Crippen MR) is 44.0 cm³/mol. The van der Waals surface area contributed by atoms with Gasteiger partial charge in [0, 0.05) is 0 Å². The summed E-state index contributed by atoms with van der Waals surface area (Å²) in [5, 5.41) is 0. The standard InChI is InChI=1S/C5H5.C3H5BN.2ClH.Ti/c2*1-2-4-5-3-1;;;/h1-5H;2H,1,3H2;2*1H;/q2*-1;;;+4/p-2. The molecule has 1 heterocycles. The first-order chi connectivity index (χ1) is 5.00. The monoisotopic (exact) mass is 249 g/mol. The second kappa shape index (κ2) is 14.9. The molecule has 0 aliphatic carbocycles. The normalized spacial score (nSPS) is 9.85. The average Bonchev–Trinajstić information content (AvgIpc) is 2.67. The van der Waals surface area contributed by atoms with Crippen molar-refractivity contribution in [1.29, 1.82) is 0 Å². The maximum atomic E-state index is 3.90. The molecule has 1 aromatic rings. The molecule has 0 saturated heterocycles. The van der Waals surface area contributed by atoms with Crippen molar-refractivity contribution >= 4 is 7.07 Å². The molecule has 13 heavy (non-hydrogen) atoms. The van der Waals surface area contributed by atoms with Gasteiger partial charge in [-0.15, -0.1) is 0 Å². The van der Waals surface area contributed by atoms with Crippen LogP contribution in [0.1, 0.15) is 6.42 Å². The van der Waals surface area contributed by atoms with E-state index in [9.17, 15) is 0 Å². The SMILES string of the molecule is B1=NCC[CH-]1.[Cl-].[Cl-].[Ti+4].c1cc[cH-]c1. The van der Waals surface area contributed by atoms with Gasteiger partial charge in [0.15, 0.2) is 0 Å². The van der Waals surface area contributed by atoms with Crippen LogP contribution in [0.25, 0.3) is 0 Å². The fourth-order valence-corrected chi connectivity index (χ4v) is 0.693. The molecule has 0 atom stereocenters. The molecule has 0 spiro atoms. The third kappa shape index (κ3) is 12.4. The molecule has 0 bridgehead atoms. The van der Waals surface area contributed by atoms with Crippen molar-refractivity contribution in [2.24, 2.45) is 4.90 Å². The molecule has 0 amide bonds. The number of hydrogen-bond donors (Lipinski definition) is 0. The first kappa shape index (κ1) is 19.0. The van der Waals surface area contributed by atoms with Crippen molar-refractivity contribution in [3.8, 4) is 0 Å². The van der Waals surface area contributed by atoms with Crippen LogP contribution in [0.2, 0.25) is 0 Å². The van der Waals surface area contributed by atoms with Gasteiger partial charge in [-0.3, -0.25) is 0 Å². The molecule has 0 N–H and O–H groups in total. The van der Waals surface area contributed by atoms with E-state index in [1.165, 1.54) is 0 Å². The second-order valence-corrected chi connectivity index (χ2v) is 2.04. The Labute approximate surface area is 108 Å². The maximum absolute atomic E-state index is 3.90. The minimum atomic E-state index is 0. The summed E-state index contributed by atoms with van der Waals surface area (Å²) in [5.74, 6) is 0. The van der Waals surface area contributed by atoms with E-state index in [1.807, 2.05) is 37.4 Å². The number of rotatable bonds is 0. The number of hydrogen-bond acceptors (Lipinski definition) is 1. The average molecular weight is 250 g/mol. The summed E-state index contributed by atoms with van der Waals surface area (Å²) in [5.41, 5.74) is 0. The molecular formula is C8H10BCl2NTi. The van der Waals surface area contributed by atoms with E-state index in [1.54, 1.807) is 0 Å². The van der Waals surface area contributed by atoms with Crippen LogP contribution in [0.15, 0.2) is 35.2 Å². The third-order valence-electron chi connectivity index (χ3n) is 1.19. The molecule has 0 aromatic heterocycles. The molecule has 1 nitrogen and oxygen atoms in total. The fourth-order valence-electron chi connectivity index (χ4n) is 0.693. The van der Waals surface area contributed by atoms with Crippen molar-refractivity contribution in [1.82, 2.24) is 0 Å². The summed E-state index contributed by atoms with van der Waals surface area (Å²) < 4.78 is 0. The number of halogens is 2. The Morgan fingerprint density at radius 2 is 1.77 bits per heavy atom. The van der Waals surface area contributed by atoms with Gasteiger partial charge in [-0.1, -0.05) is 0 Å². The van der Waals surface area contributed by atoms with Gasteiger partial charge < -0.3 is 24.8 Å². The molecule has 0 fully saturated rings. The van der Waals surface area contributed by atoms with Gasteiger partial charge in [0.2, 0.25) is 0 Å². The Bertz CT molecular complexity index is 157. The summed E-state index contributed by atoms with van der Waals surface area (Å²) in [7, 11) is 1.86. The van der Waals surface area contributed by atoms with Gasteiger partial charge in [0.05, 0.1) is 0 Å². The van der Waals surface area contributed by atoms with Crippen LogP contribution in [0, 0.1) is 6.32 Å². The molecule has 2 rings (SSSR count). The molecule has 0 unspecified atom stereocenters. The van der Waals surface area contributed by atoms with Crippen LogP contribution in [0.4, 0.5) is 0 Å². The van der Waals surface area contributed by atoms with E-state index in [-0.39, 0.29) is 46.5 Å². The van der Waals surface area contributed by atoms with Gasteiger partial charge in [0.25, 0.3) is 0 Å². The Hall–Kier alpha value is 0.379. The van der Waals surface area contributed by atoms with Crippen molar-refractivity contribution in [2.45, 2.75) is 6.42 Å². The number of nitrogens with zero attached hydrogens (tertiary/aromatic N) is 1. The van der Waals surface area contributed by atoms with Gasteiger partial charge in [-0.2, -0.15) is 18.2 Å². The third-order valence-corrected chi connectivity index (χ3v) is 1.19. The van der Waals surface area contributed by atoms with Crippen molar-refractivity contribution in [3.63, 3.8) is 0 Å². The quantitative estimate of drug-likeness (QED) is 0.327. The second-order valence-electron chi connectivity index (χ2n) is 2.04. The summed E-state index contributed by atoms with van der Waals surface area (Å²) >= 11 is 0. The van der Waals surface area contributed by atoms with E-state index < -0.39 is 0 Å². The van der Waals surface area contributed by atoms with Gasteiger partial charge in [-0.25, -0.2) is 12.1 Å². The minimum Gasteiger partial charge on any atom is -1.00 e. The Morgan fingerprint density at radius 3 is 1.92 bits per heavy atom. The topological polar surface area (TPSA) is 12.4 Å². The van der Waals surface area contributed by atoms with Gasteiger partial charge in [-0.05, 0) is 0 Å². The smallest absolute Gasteiger partial charge is 1.00 e. The van der Waals surface area contributed by atoms with Crippen LogP contribution in [0.5, 0.6) is 0 Å². The van der Waals surface area contributed by atoms with E-state index in [0.29, 0.717) is 0 Å². The van der Waals surface area contributed by atoms with Crippen molar-refractivity contribution in [3.05, 3.63) is 36.7 Å². The summed E-state index contributed by atoms with van der Waals surface area (Å²) in [6, 6.07) is 10.0. The summed E-state index contributed by atoms with van der Waals surface area (Å²) in [4.78, 5) is 3.90. The van der Waals surface area contributed by atoms with Crippen molar-refractivity contribution in [2.75, 3.05) is 6.54 Å². The van der Waals surface area contributed by atoms with Crippen LogP contribution in [-0.4, -0.2) is 13.6 Å². The zero-order valence-electron chi connectivity index (χ0n) is 7.16. The van der Waals surface area contributed by atoms with E-state index >= 15 is 0 Å². The molecule has 0 radical (unpaired) electrons. The van der Waals surface area contributed by atoms with Crippen LogP contribution < -0.4 is 24.8 Å². The Balaban J connectivity index is -0.000000125. The van der Waals surface area contributed by atoms with E-state index in [0.717, 1.165) is 13.0 Å². The maximum Gasteiger partial charge on any atom is 4.00 e. The molecule has 5 heteroatoms. The van der Waals surface area contributed by atoms with Crippen molar-refractivity contribution < 1.29 is 46.5 Å². The van der Waals surface area contributed by atoms with Crippen LogP contribution in [0.3, 0.4) is 0 Å². The van der Waals surface area contributed by atoms with E-state index in [2.05, 4.69) is 11.2 Å². The first-order valence-corrected chi connectivity index (χ1v) is 3.48. The summed E-state index contributed by atoms with van der Waals surface area (Å²) in [6.07, 6.45) is 3.22. The zero-order chi connectivity index (χ0) is 7.07. The minimum absolute atomic E-state index is 0. The predicted octanol–water partition coefficient (Wildman–Crippen LogP) is -4.15.